The summed E-state index contributed by atoms with van der Waals surface area (Å²) in [5.74, 6) is -0.154. The first-order valence-corrected chi connectivity index (χ1v) is 6.30. The molecule has 0 saturated heterocycles. The van der Waals surface area contributed by atoms with E-state index in [9.17, 15) is 20.0 Å². The number of aliphatic imine (C=N–C) groups is 1. The number of carbonyl (C=O) groups excluding carboxylic acids is 1. The van der Waals surface area contributed by atoms with E-state index in [2.05, 4.69) is 4.99 Å². The normalized spacial score (nSPS) is 15.9. The van der Waals surface area contributed by atoms with Crippen molar-refractivity contribution in [2.45, 2.75) is 19.3 Å². The third-order valence-electron chi connectivity index (χ3n) is 2.90. The number of aliphatic hydroxyl groups excluding tert-OH is 1. The van der Waals surface area contributed by atoms with Gasteiger partial charge in [-0.15, -0.1) is 0 Å². The van der Waals surface area contributed by atoms with Crippen LogP contribution >= 0.6 is 11.6 Å². The molecule has 2 rings (SSSR count). The molecule has 1 N–H and O–H groups in total. The van der Waals surface area contributed by atoms with Gasteiger partial charge in [-0.05, 0) is 12.5 Å². The number of carbonyl (C=O) groups is 1. The molecule has 0 saturated carbocycles. The SMILES string of the molecule is O=C1CCCC(O)=C1C=Nc1ccc([N+](=O)[O-])cc1Cl. The number of aliphatic hydroxyl groups is 1. The minimum Gasteiger partial charge on any atom is -0.512 e. The Morgan fingerprint density at radius 3 is 2.75 bits per heavy atom. The van der Waals surface area contributed by atoms with Crippen LogP contribution in [0.5, 0.6) is 0 Å². The number of hydrogen-bond donors (Lipinski definition) is 1. The third-order valence-corrected chi connectivity index (χ3v) is 3.21. The zero-order chi connectivity index (χ0) is 14.7. The molecule has 20 heavy (non-hydrogen) atoms. The lowest BCUT2D eigenvalue weighted by molar-refractivity contribution is -0.384. The van der Waals surface area contributed by atoms with Crippen LogP contribution in [0.1, 0.15) is 19.3 Å². The topological polar surface area (TPSA) is 92.8 Å². The fraction of sp³-hybridized carbons (Fsp3) is 0.231. The van der Waals surface area contributed by atoms with Gasteiger partial charge in [-0.25, -0.2) is 0 Å². The van der Waals surface area contributed by atoms with Gasteiger partial charge in [0, 0.05) is 31.2 Å². The molecule has 0 unspecified atom stereocenters. The van der Waals surface area contributed by atoms with Gasteiger partial charge in [0.1, 0.15) is 5.76 Å². The maximum atomic E-state index is 11.6. The van der Waals surface area contributed by atoms with Crippen LogP contribution in [0.2, 0.25) is 5.02 Å². The molecule has 0 atom stereocenters. The zero-order valence-corrected chi connectivity index (χ0v) is 11.1. The van der Waals surface area contributed by atoms with Crippen LogP contribution in [-0.2, 0) is 4.79 Å². The van der Waals surface area contributed by atoms with Crippen molar-refractivity contribution >= 4 is 35.0 Å². The highest BCUT2D eigenvalue weighted by molar-refractivity contribution is 6.33. The smallest absolute Gasteiger partial charge is 0.271 e. The number of nitro groups is 1. The van der Waals surface area contributed by atoms with Gasteiger partial charge >= 0.3 is 0 Å². The number of non-ortho nitro benzene ring substituents is 1. The Morgan fingerprint density at radius 1 is 1.40 bits per heavy atom. The first-order valence-electron chi connectivity index (χ1n) is 5.92. The monoisotopic (exact) mass is 294 g/mol. The van der Waals surface area contributed by atoms with E-state index in [0.29, 0.717) is 24.9 Å². The van der Waals surface area contributed by atoms with Crippen LogP contribution in [0.25, 0.3) is 0 Å². The maximum absolute atomic E-state index is 11.6. The van der Waals surface area contributed by atoms with E-state index >= 15 is 0 Å². The van der Waals surface area contributed by atoms with Crippen molar-refractivity contribution in [3.63, 3.8) is 0 Å². The second kappa shape index (κ2) is 5.83. The predicted molar refractivity (Wildman–Crippen MR) is 74.8 cm³/mol. The Labute approximate surface area is 119 Å². The second-order valence-electron chi connectivity index (χ2n) is 4.29. The molecule has 1 aliphatic rings. The number of ketones is 1. The highest BCUT2D eigenvalue weighted by atomic mass is 35.5. The summed E-state index contributed by atoms with van der Waals surface area (Å²) in [6, 6.07) is 3.85. The quantitative estimate of drug-likeness (QED) is 0.524. The molecule has 0 heterocycles. The third kappa shape index (κ3) is 3.03. The molecule has 6 nitrogen and oxygen atoms in total. The van der Waals surface area contributed by atoms with Gasteiger partial charge in [-0.1, -0.05) is 11.6 Å². The van der Waals surface area contributed by atoms with E-state index in [1.54, 1.807) is 0 Å². The van der Waals surface area contributed by atoms with Crippen LogP contribution in [0.15, 0.2) is 34.5 Å². The van der Waals surface area contributed by atoms with E-state index < -0.39 is 4.92 Å². The van der Waals surface area contributed by atoms with Crippen molar-refractivity contribution in [3.05, 3.63) is 44.7 Å². The Hall–Kier alpha value is -2.21. The summed E-state index contributed by atoms with van der Waals surface area (Å²) in [7, 11) is 0. The molecule has 1 aromatic carbocycles. The van der Waals surface area contributed by atoms with Crippen molar-refractivity contribution in [1.29, 1.82) is 0 Å². The summed E-state index contributed by atoms with van der Waals surface area (Å²) in [5.41, 5.74) is 0.339. The van der Waals surface area contributed by atoms with Gasteiger partial charge in [0.2, 0.25) is 0 Å². The lowest BCUT2D eigenvalue weighted by Crippen LogP contribution is -2.12. The standard InChI is InChI=1S/C13H11ClN2O4/c14-10-6-8(16(19)20)4-5-11(10)15-7-9-12(17)2-1-3-13(9)18/h4-7,17H,1-3H2. The average molecular weight is 295 g/mol. The number of allylic oxidation sites excluding steroid dienone is 2. The zero-order valence-electron chi connectivity index (χ0n) is 10.4. The number of Topliss-reactive ketones (excluding diaryl/α,β-unsaturated/α-hetero) is 1. The van der Waals surface area contributed by atoms with Gasteiger partial charge in [-0.2, -0.15) is 0 Å². The predicted octanol–water partition coefficient (Wildman–Crippen LogP) is 3.52. The molecule has 0 aromatic heterocycles. The van der Waals surface area contributed by atoms with Crippen LogP contribution in [0.4, 0.5) is 11.4 Å². The number of nitrogens with zero attached hydrogens (tertiary/aromatic N) is 2. The van der Waals surface area contributed by atoms with Gasteiger partial charge in [0.15, 0.2) is 5.78 Å². The number of nitro benzene ring substituents is 1. The highest BCUT2D eigenvalue weighted by Gasteiger charge is 2.18. The largest absolute Gasteiger partial charge is 0.512 e. The summed E-state index contributed by atoms with van der Waals surface area (Å²) >= 11 is 5.88. The molecular weight excluding hydrogens is 284 g/mol. The van der Waals surface area contributed by atoms with Crippen LogP contribution in [0.3, 0.4) is 0 Å². The van der Waals surface area contributed by atoms with Crippen molar-refractivity contribution in [3.8, 4) is 0 Å². The lowest BCUT2D eigenvalue weighted by Gasteiger charge is -2.11. The van der Waals surface area contributed by atoms with E-state index in [-0.39, 0.29) is 27.8 Å². The lowest BCUT2D eigenvalue weighted by atomic mass is 9.97. The fourth-order valence-electron chi connectivity index (χ4n) is 1.84. The molecule has 0 amide bonds. The van der Waals surface area contributed by atoms with Crippen molar-refractivity contribution in [1.82, 2.24) is 0 Å². The summed E-state index contributed by atoms with van der Waals surface area (Å²) in [6.45, 7) is 0. The molecule has 1 aliphatic carbocycles. The van der Waals surface area contributed by atoms with Crippen molar-refractivity contribution in [2.24, 2.45) is 4.99 Å². The van der Waals surface area contributed by atoms with E-state index in [0.717, 1.165) is 0 Å². The van der Waals surface area contributed by atoms with Gasteiger partial charge < -0.3 is 5.11 Å². The molecule has 0 fully saturated rings. The van der Waals surface area contributed by atoms with E-state index in [4.69, 9.17) is 11.6 Å². The molecule has 104 valence electrons. The molecule has 1 aromatic rings. The molecule has 7 heteroatoms. The summed E-state index contributed by atoms with van der Waals surface area (Å²) in [5, 5.41) is 20.3. The number of hydrogen-bond acceptors (Lipinski definition) is 5. The van der Waals surface area contributed by atoms with Crippen LogP contribution in [-0.4, -0.2) is 22.0 Å². The van der Waals surface area contributed by atoms with Crippen LogP contribution < -0.4 is 0 Å². The van der Waals surface area contributed by atoms with Gasteiger partial charge in [0.25, 0.3) is 5.69 Å². The average Bonchev–Trinajstić information content (AvgIpc) is 2.39. The Morgan fingerprint density at radius 2 is 2.15 bits per heavy atom. The Balaban J connectivity index is 2.28. The first kappa shape index (κ1) is 14.2. The van der Waals surface area contributed by atoms with Crippen molar-refractivity contribution in [2.75, 3.05) is 0 Å². The maximum Gasteiger partial charge on any atom is 0.271 e. The van der Waals surface area contributed by atoms with Crippen LogP contribution in [0, 0.1) is 10.1 Å². The summed E-state index contributed by atoms with van der Waals surface area (Å²) in [4.78, 5) is 25.7. The van der Waals surface area contributed by atoms with Crippen molar-refractivity contribution < 1.29 is 14.8 Å². The summed E-state index contributed by atoms with van der Waals surface area (Å²) in [6.07, 6.45) is 2.70. The minimum atomic E-state index is -0.557. The molecular formula is C13H11ClN2O4. The number of rotatable bonds is 3. The van der Waals surface area contributed by atoms with E-state index in [1.807, 2.05) is 0 Å². The van der Waals surface area contributed by atoms with Gasteiger partial charge in [-0.3, -0.25) is 19.9 Å². The van der Waals surface area contributed by atoms with E-state index in [1.165, 1.54) is 24.4 Å². The molecule has 0 bridgehead atoms. The molecule has 0 spiro atoms. The number of halogens is 1. The molecule has 0 radical (unpaired) electrons. The Kier molecular flexibility index (Phi) is 4.14. The minimum absolute atomic E-state index is 0.0167. The van der Waals surface area contributed by atoms with Gasteiger partial charge in [0.05, 0.1) is 21.2 Å². The second-order valence-corrected chi connectivity index (χ2v) is 4.70. The summed E-state index contributed by atoms with van der Waals surface area (Å²) < 4.78 is 0. The molecule has 0 aliphatic heterocycles. The first-order chi connectivity index (χ1) is 9.49. The Bertz CT molecular complexity index is 637. The fourth-order valence-corrected chi connectivity index (χ4v) is 2.06. The highest BCUT2D eigenvalue weighted by Crippen LogP contribution is 2.29. The number of benzene rings is 1.